The van der Waals surface area contributed by atoms with Gasteiger partial charge in [-0.05, 0) is 24.3 Å². The number of fused-ring (bicyclic) bond motifs is 1. The predicted octanol–water partition coefficient (Wildman–Crippen LogP) is 3.28. The van der Waals surface area contributed by atoms with Crippen molar-refractivity contribution in [2.45, 2.75) is 6.42 Å². The molecule has 0 bridgehead atoms. The van der Waals surface area contributed by atoms with Crippen LogP contribution in [0.15, 0.2) is 48.2 Å². The Morgan fingerprint density at radius 3 is 2.52 bits per heavy atom. The molecule has 6 heteroatoms. The molecule has 2 aromatic rings. The van der Waals surface area contributed by atoms with Gasteiger partial charge in [0.05, 0.1) is 25.6 Å². The zero-order chi connectivity index (χ0) is 16.4. The minimum Gasteiger partial charge on any atom is -0.493 e. The molecule has 0 saturated carbocycles. The fraction of sp³-hybridized carbons (Fsp3) is 0.176. The third-order valence-electron chi connectivity index (χ3n) is 3.67. The molecule has 0 aliphatic carbocycles. The number of methoxy groups -OCH3 is 2. The van der Waals surface area contributed by atoms with E-state index in [0.717, 1.165) is 5.56 Å². The zero-order valence-electron chi connectivity index (χ0n) is 12.7. The van der Waals surface area contributed by atoms with Crippen LogP contribution < -0.4 is 14.2 Å². The summed E-state index contributed by atoms with van der Waals surface area (Å²) in [5.74, 6) is 1.90. The minimum absolute atomic E-state index is 0.0240. The van der Waals surface area contributed by atoms with Crippen LogP contribution in [0.1, 0.15) is 11.1 Å². The summed E-state index contributed by atoms with van der Waals surface area (Å²) >= 11 is 0. The summed E-state index contributed by atoms with van der Waals surface area (Å²) in [5.41, 5.74) is 1.39. The van der Waals surface area contributed by atoms with Crippen molar-refractivity contribution in [3.05, 3.63) is 69.4 Å². The Kier molecular flexibility index (Phi) is 3.89. The second-order valence-electron chi connectivity index (χ2n) is 4.99. The molecule has 0 fully saturated rings. The monoisotopic (exact) mass is 313 g/mol. The predicted molar refractivity (Wildman–Crippen MR) is 84.2 cm³/mol. The van der Waals surface area contributed by atoms with E-state index in [4.69, 9.17) is 14.2 Å². The first-order valence-corrected chi connectivity index (χ1v) is 6.99. The van der Waals surface area contributed by atoms with E-state index in [1.807, 2.05) is 18.2 Å². The number of rotatable bonds is 4. The van der Waals surface area contributed by atoms with Gasteiger partial charge in [0.2, 0.25) is 5.76 Å². The van der Waals surface area contributed by atoms with Crippen LogP contribution in [0.4, 0.5) is 0 Å². The van der Waals surface area contributed by atoms with Crippen LogP contribution in [0, 0.1) is 10.1 Å². The van der Waals surface area contributed by atoms with E-state index in [0.29, 0.717) is 22.8 Å². The van der Waals surface area contributed by atoms with Crippen LogP contribution in [0.25, 0.3) is 5.76 Å². The van der Waals surface area contributed by atoms with Gasteiger partial charge in [-0.15, -0.1) is 0 Å². The van der Waals surface area contributed by atoms with E-state index in [9.17, 15) is 10.1 Å². The number of nitrogens with zero attached hydrogens (tertiary/aromatic N) is 1. The van der Waals surface area contributed by atoms with Gasteiger partial charge in [-0.25, -0.2) is 0 Å². The van der Waals surface area contributed by atoms with Crippen LogP contribution in [-0.2, 0) is 6.42 Å². The lowest BCUT2D eigenvalue weighted by Gasteiger charge is -2.19. The number of ether oxygens (including phenoxy) is 3. The van der Waals surface area contributed by atoms with Crippen molar-refractivity contribution in [1.82, 2.24) is 0 Å². The Morgan fingerprint density at radius 1 is 1.09 bits per heavy atom. The Morgan fingerprint density at radius 2 is 1.83 bits per heavy atom. The van der Waals surface area contributed by atoms with Gasteiger partial charge in [0.25, 0.3) is 5.70 Å². The molecule has 23 heavy (non-hydrogen) atoms. The van der Waals surface area contributed by atoms with E-state index in [1.165, 1.54) is 14.2 Å². The Labute approximate surface area is 133 Å². The van der Waals surface area contributed by atoms with Crippen molar-refractivity contribution in [2.75, 3.05) is 14.2 Å². The summed E-state index contributed by atoms with van der Waals surface area (Å²) in [4.78, 5) is 11.0. The van der Waals surface area contributed by atoms with Crippen LogP contribution in [-0.4, -0.2) is 19.1 Å². The number of hydrogen-bond acceptors (Lipinski definition) is 5. The maximum atomic E-state index is 11.4. The number of benzene rings is 2. The van der Waals surface area contributed by atoms with Gasteiger partial charge in [-0.2, -0.15) is 0 Å². The lowest BCUT2D eigenvalue weighted by atomic mass is 10.0. The van der Waals surface area contributed by atoms with Gasteiger partial charge in [0, 0.05) is 11.1 Å². The first-order chi connectivity index (χ1) is 11.1. The van der Waals surface area contributed by atoms with Crippen molar-refractivity contribution in [2.24, 2.45) is 0 Å². The highest BCUT2D eigenvalue weighted by atomic mass is 16.6. The zero-order valence-corrected chi connectivity index (χ0v) is 12.7. The van der Waals surface area contributed by atoms with Crippen molar-refractivity contribution in [3.8, 4) is 17.2 Å². The summed E-state index contributed by atoms with van der Waals surface area (Å²) in [6.45, 7) is 0. The highest BCUT2D eigenvalue weighted by Crippen LogP contribution is 2.37. The number of para-hydroxylation sites is 1. The van der Waals surface area contributed by atoms with E-state index < -0.39 is 4.92 Å². The first-order valence-electron chi connectivity index (χ1n) is 6.99. The van der Waals surface area contributed by atoms with Gasteiger partial charge in [0.1, 0.15) is 5.75 Å². The molecule has 0 N–H and O–H groups in total. The van der Waals surface area contributed by atoms with E-state index >= 15 is 0 Å². The van der Waals surface area contributed by atoms with Gasteiger partial charge >= 0.3 is 0 Å². The molecule has 1 aliphatic heterocycles. The molecule has 0 spiro atoms. The number of nitro groups is 1. The van der Waals surface area contributed by atoms with Crippen molar-refractivity contribution >= 4 is 5.76 Å². The third-order valence-corrected chi connectivity index (χ3v) is 3.67. The van der Waals surface area contributed by atoms with Gasteiger partial charge in [-0.3, -0.25) is 10.1 Å². The van der Waals surface area contributed by atoms with Crippen molar-refractivity contribution < 1.29 is 19.1 Å². The maximum Gasteiger partial charge on any atom is 0.293 e. The molecular weight excluding hydrogens is 298 g/mol. The molecule has 0 amide bonds. The molecule has 1 aliphatic rings. The topological polar surface area (TPSA) is 70.8 Å². The highest BCUT2D eigenvalue weighted by Gasteiger charge is 2.29. The normalized spacial score (nSPS) is 13.1. The summed E-state index contributed by atoms with van der Waals surface area (Å²) in [6, 6.07) is 12.4. The molecule has 0 atom stereocenters. The third kappa shape index (κ3) is 2.70. The molecular formula is C17H15NO5. The number of hydrogen-bond donors (Lipinski definition) is 0. The minimum atomic E-state index is -0.401. The summed E-state index contributed by atoms with van der Waals surface area (Å²) in [6.07, 6.45) is 0.215. The average molecular weight is 313 g/mol. The lowest BCUT2D eigenvalue weighted by molar-refractivity contribution is -0.427. The van der Waals surface area contributed by atoms with Crippen LogP contribution in [0.5, 0.6) is 17.2 Å². The standard InChI is InChI=1S/C17H15NO5/c1-21-15-8-7-12(10-16(15)22-2)17-13(18(19)20)9-11-5-3-4-6-14(11)23-17/h3-8,10H,9H2,1-2H3. The van der Waals surface area contributed by atoms with Crippen LogP contribution >= 0.6 is 0 Å². The molecule has 118 valence electrons. The molecule has 0 aromatic heterocycles. The van der Waals surface area contributed by atoms with Crippen LogP contribution in [0.3, 0.4) is 0 Å². The molecule has 6 nitrogen and oxygen atoms in total. The van der Waals surface area contributed by atoms with Gasteiger partial charge in [-0.1, -0.05) is 18.2 Å². The summed E-state index contributed by atoms with van der Waals surface area (Å²) in [5, 5.41) is 11.4. The highest BCUT2D eigenvalue weighted by molar-refractivity contribution is 5.69. The molecule has 0 radical (unpaired) electrons. The quantitative estimate of drug-likeness (QED) is 0.640. The second kappa shape index (κ2) is 6.00. The summed E-state index contributed by atoms with van der Waals surface area (Å²) < 4.78 is 16.3. The van der Waals surface area contributed by atoms with Gasteiger partial charge < -0.3 is 14.2 Å². The Bertz CT molecular complexity index is 797. The number of allylic oxidation sites excluding steroid dienone is 1. The molecule has 0 unspecified atom stereocenters. The summed E-state index contributed by atoms with van der Waals surface area (Å²) in [7, 11) is 3.05. The Balaban J connectivity index is 2.10. The van der Waals surface area contributed by atoms with Crippen LogP contribution in [0.2, 0.25) is 0 Å². The fourth-order valence-electron chi connectivity index (χ4n) is 2.53. The van der Waals surface area contributed by atoms with E-state index in [1.54, 1.807) is 24.3 Å². The lowest BCUT2D eigenvalue weighted by Crippen LogP contribution is -2.15. The molecule has 3 rings (SSSR count). The molecule has 1 heterocycles. The smallest absolute Gasteiger partial charge is 0.293 e. The van der Waals surface area contributed by atoms with E-state index in [-0.39, 0.29) is 17.9 Å². The average Bonchev–Trinajstić information content (AvgIpc) is 2.59. The first kappa shape index (κ1) is 14.9. The van der Waals surface area contributed by atoms with E-state index in [2.05, 4.69) is 0 Å². The fourth-order valence-corrected chi connectivity index (χ4v) is 2.53. The van der Waals surface area contributed by atoms with Crippen molar-refractivity contribution in [1.29, 1.82) is 0 Å². The Hall–Kier alpha value is -3.02. The second-order valence-corrected chi connectivity index (χ2v) is 4.99. The maximum absolute atomic E-state index is 11.4. The van der Waals surface area contributed by atoms with Gasteiger partial charge in [0.15, 0.2) is 11.5 Å². The SMILES string of the molecule is COc1ccc(C2=C([N+](=O)[O-])Cc3ccccc3O2)cc1OC. The molecule has 0 saturated heterocycles. The van der Waals surface area contributed by atoms with Crippen molar-refractivity contribution in [3.63, 3.8) is 0 Å². The largest absolute Gasteiger partial charge is 0.493 e. The molecule has 2 aromatic carbocycles.